The zero-order valence-electron chi connectivity index (χ0n) is 11.2. The zero-order chi connectivity index (χ0) is 12.6. The van der Waals surface area contributed by atoms with Gasteiger partial charge in [0.25, 0.3) is 0 Å². The van der Waals surface area contributed by atoms with Crippen molar-refractivity contribution in [1.29, 1.82) is 0 Å². The quantitative estimate of drug-likeness (QED) is 0.771. The maximum Gasteiger partial charge on any atom is 0.117 e. The smallest absolute Gasteiger partial charge is 0.117 e. The van der Waals surface area contributed by atoms with Crippen molar-refractivity contribution in [2.45, 2.75) is 51.0 Å². The van der Waals surface area contributed by atoms with Crippen LogP contribution >= 0.6 is 11.3 Å². The molecule has 0 radical (unpaired) electrons. The summed E-state index contributed by atoms with van der Waals surface area (Å²) in [6.45, 7) is 1.99. The van der Waals surface area contributed by atoms with E-state index in [9.17, 15) is 0 Å². The van der Waals surface area contributed by atoms with Crippen molar-refractivity contribution >= 4 is 11.3 Å². The van der Waals surface area contributed by atoms with Crippen molar-refractivity contribution in [2.75, 3.05) is 20.2 Å². The van der Waals surface area contributed by atoms with Crippen molar-refractivity contribution < 1.29 is 4.74 Å². The second-order valence-electron chi connectivity index (χ2n) is 4.82. The third kappa shape index (κ3) is 4.63. The van der Waals surface area contributed by atoms with E-state index in [0.29, 0.717) is 6.10 Å². The van der Waals surface area contributed by atoms with E-state index in [2.05, 4.69) is 15.5 Å². The first-order valence-corrected chi connectivity index (χ1v) is 7.77. The lowest BCUT2D eigenvalue weighted by molar-refractivity contribution is 0.0115. The average Bonchev–Trinajstić information content (AvgIpc) is 2.86. The molecular weight excluding hydrogens is 246 g/mol. The number of rotatable bonds is 7. The second-order valence-corrected chi connectivity index (χ2v) is 5.97. The zero-order valence-corrected chi connectivity index (χ0v) is 12.0. The Labute approximate surface area is 113 Å². The summed E-state index contributed by atoms with van der Waals surface area (Å²) in [5.74, 6) is 0. The Morgan fingerprint density at radius 2 is 2.11 bits per heavy atom. The SMILES string of the molecule is CNCCCc1nnc(CCC2CCCCO2)s1. The van der Waals surface area contributed by atoms with Crippen LogP contribution in [-0.4, -0.2) is 36.5 Å². The van der Waals surface area contributed by atoms with Crippen molar-refractivity contribution in [3.05, 3.63) is 10.0 Å². The molecule has 5 heteroatoms. The normalized spacial score (nSPS) is 20.2. The predicted octanol–water partition coefficient (Wildman–Crippen LogP) is 2.19. The predicted molar refractivity (Wildman–Crippen MR) is 74.1 cm³/mol. The van der Waals surface area contributed by atoms with Crippen LogP contribution in [0.2, 0.25) is 0 Å². The summed E-state index contributed by atoms with van der Waals surface area (Å²) in [7, 11) is 1.98. The van der Waals surface area contributed by atoms with Crippen molar-refractivity contribution in [3.8, 4) is 0 Å². The molecule has 0 bridgehead atoms. The van der Waals surface area contributed by atoms with Gasteiger partial charge in [0.05, 0.1) is 6.10 Å². The Morgan fingerprint density at radius 3 is 2.83 bits per heavy atom. The van der Waals surface area contributed by atoms with Gasteiger partial charge in [-0.25, -0.2) is 0 Å². The minimum atomic E-state index is 0.454. The molecule has 1 unspecified atom stereocenters. The van der Waals surface area contributed by atoms with Gasteiger partial charge in [0.2, 0.25) is 0 Å². The van der Waals surface area contributed by atoms with E-state index in [4.69, 9.17) is 4.74 Å². The maximum atomic E-state index is 5.73. The van der Waals surface area contributed by atoms with Gasteiger partial charge >= 0.3 is 0 Å². The monoisotopic (exact) mass is 269 g/mol. The molecule has 0 aliphatic carbocycles. The van der Waals surface area contributed by atoms with E-state index >= 15 is 0 Å². The van der Waals surface area contributed by atoms with Crippen LogP contribution in [0.25, 0.3) is 0 Å². The minimum Gasteiger partial charge on any atom is -0.378 e. The van der Waals surface area contributed by atoms with Crippen LogP contribution in [0.1, 0.15) is 42.1 Å². The Hall–Kier alpha value is -0.520. The summed E-state index contributed by atoms with van der Waals surface area (Å²) in [4.78, 5) is 0. The number of ether oxygens (including phenoxy) is 1. The van der Waals surface area contributed by atoms with Gasteiger partial charge in [-0.1, -0.05) is 0 Å². The molecule has 1 fully saturated rings. The van der Waals surface area contributed by atoms with Gasteiger partial charge in [0.15, 0.2) is 0 Å². The molecule has 0 amide bonds. The lowest BCUT2D eigenvalue weighted by Gasteiger charge is -2.21. The molecule has 4 nitrogen and oxygen atoms in total. The van der Waals surface area contributed by atoms with Gasteiger partial charge in [0.1, 0.15) is 10.0 Å². The number of nitrogens with one attached hydrogen (secondary N) is 1. The molecule has 0 spiro atoms. The van der Waals surface area contributed by atoms with Crippen molar-refractivity contribution in [2.24, 2.45) is 0 Å². The summed E-state index contributed by atoms with van der Waals surface area (Å²) in [5.41, 5.74) is 0. The average molecular weight is 269 g/mol. The summed E-state index contributed by atoms with van der Waals surface area (Å²) < 4.78 is 5.73. The van der Waals surface area contributed by atoms with Gasteiger partial charge in [-0.05, 0) is 45.7 Å². The molecule has 0 aromatic carbocycles. The van der Waals surface area contributed by atoms with Crippen LogP contribution in [0, 0.1) is 0 Å². The lowest BCUT2D eigenvalue weighted by Crippen LogP contribution is -2.19. The summed E-state index contributed by atoms with van der Waals surface area (Å²) >= 11 is 1.77. The van der Waals surface area contributed by atoms with Crippen LogP contribution in [0.15, 0.2) is 0 Å². The van der Waals surface area contributed by atoms with Gasteiger partial charge in [-0.2, -0.15) is 0 Å². The summed E-state index contributed by atoms with van der Waals surface area (Å²) in [6.07, 6.45) is 8.51. The molecule has 18 heavy (non-hydrogen) atoms. The molecule has 1 aromatic heterocycles. The first-order chi connectivity index (χ1) is 8.88. The number of aromatic nitrogens is 2. The molecule has 2 rings (SSSR count). The van der Waals surface area contributed by atoms with E-state index in [1.54, 1.807) is 11.3 Å². The number of hydrogen-bond acceptors (Lipinski definition) is 5. The molecule has 1 atom stereocenters. The Balaban J connectivity index is 1.69. The van der Waals surface area contributed by atoms with Crippen LogP contribution in [0.5, 0.6) is 0 Å². The van der Waals surface area contributed by atoms with E-state index in [0.717, 1.165) is 38.8 Å². The van der Waals surface area contributed by atoms with Gasteiger partial charge < -0.3 is 10.1 Å². The topological polar surface area (TPSA) is 47.0 Å². The number of aryl methyl sites for hydroxylation is 2. The minimum absolute atomic E-state index is 0.454. The van der Waals surface area contributed by atoms with Crippen molar-refractivity contribution in [1.82, 2.24) is 15.5 Å². The van der Waals surface area contributed by atoms with E-state index in [-0.39, 0.29) is 0 Å². The van der Waals surface area contributed by atoms with Gasteiger partial charge in [-0.3, -0.25) is 0 Å². The molecule has 0 saturated carbocycles. The van der Waals surface area contributed by atoms with Gasteiger partial charge in [0, 0.05) is 19.4 Å². The second kappa shape index (κ2) is 7.81. The van der Waals surface area contributed by atoms with E-state index in [1.165, 1.54) is 29.3 Å². The first-order valence-electron chi connectivity index (χ1n) is 6.96. The third-order valence-electron chi connectivity index (χ3n) is 3.28. The summed E-state index contributed by atoms with van der Waals surface area (Å²) in [5, 5.41) is 14.0. The Kier molecular flexibility index (Phi) is 6.04. The third-order valence-corrected chi connectivity index (χ3v) is 4.32. The molecule has 1 N–H and O–H groups in total. The molecule has 1 aliphatic rings. The van der Waals surface area contributed by atoms with Crippen LogP contribution in [0.3, 0.4) is 0 Å². The molecule has 1 saturated heterocycles. The highest BCUT2D eigenvalue weighted by Gasteiger charge is 2.14. The molecule has 1 aromatic rings. The van der Waals surface area contributed by atoms with Crippen molar-refractivity contribution in [3.63, 3.8) is 0 Å². The maximum absolute atomic E-state index is 5.73. The fourth-order valence-electron chi connectivity index (χ4n) is 2.23. The lowest BCUT2D eigenvalue weighted by atomic mass is 10.1. The highest BCUT2D eigenvalue weighted by molar-refractivity contribution is 7.11. The first kappa shape index (κ1) is 13.9. The van der Waals surface area contributed by atoms with Crippen LogP contribution in [0.4, 0.5) is 0 Å². The molecule has 102 valence electrons. The standard InChI is InChI=1S/C13H23N3OS/c1-14-9-4-6-12-15-16-13(18-12)8-7-11-5-2-3-10-17-11/h11,14H,2-10H2,1H3. The number of hydrogen-bond donors (Lipinski definition) is 1. The fourth-order valence-corrected chi connectivity index (χ4v) is 3.13. The van der Waals surface area contributed by atoms with Crippen LogP contribution in [-0.2, 0) is 17.6 Å². The molecule has 2 heterocycles. The number of nitrogens with zero attached hydrogens (tertiary/aromatic N) is 2. The molecular formula is C13H23N3OS. The fraction of sp³-hybridized carbons (Fsp3) is 0.846. The largest absolute Gasteiger partial charge is 0.378 e. The highest BCUT2D eigenvalue weighted by Crippen LogP contribution is 2.19. The van der Waals surface area contributed by atoms with E-state index in [1.807, 2.05) is 7.05 Å². The Bertz CT molecular complexity index is 337. The highest BCUT2D eigenvalue weighted by atomic mass is 32.1. The van der Waals surface area contributed by atoms with Crippen LogP contribution < -0.4 is 5.32 Å². The van der Waals surface area contributed by atoms with E-state index < -0.39 is 0 Å². The van der Waals surface area contributed by atoms with Gasteiger partial charge in [-0.15, -0.1) is 21.5 Å². The summed E-state index contributed by atoms with van der Waals surface area (Å²) in [6, 6.07) is 0. The molecule has 1 aliphatic heterocycles. The Morgan fingerprint density at radius 1 is 1.28 bits per heavy atom.